The first-order chi connectivity index (χ1) is 51.5. The quantitative estimate of drug-likeness (QED) is 0.0405. The van der Waals surface area contributed by atoms with Crippen molar-refractivity contribution in [2.45, 2.75) is 245 Å². The van der Waals surface area contributed by atoms with Gasteiger partial charge in [0.05, 0.1) is 8.65 Å². The smallest absolute Gasteiger partial charge is 0.224 e. The minimum Gasteiger partial charge on any atom is -0.382 e. The van der Waals surface area contributed by atoms with Gasteiger partial charge in [0.1, 0.15) is 11.2 Å². The van der Waals surface area contributed by atoms with E-state index in [1.54, 1.807) is 26.0 Å². The van der Waals surface area contributed by atoms with Crippen LogP contribution < -0.4 is 0 Å². The molecule has 8 aromatic carbocycles. The van der Waals surface area contributed by atoms with Crippen LogP contribution in [0.5, 0.6) is 0 Å². The van der Waals surface area contributed by atoms with Gasteiger partial charge in [-0.15, -0.1) is 0 Å². The molecule has 0 saturated carbocycles. The van der Waals surface area contributed by atoms with Gasteiger partial charge in [0, 0.05) is 101 Å². The monoisotopic (exact) mass is 1760 g/mol. The molecule has 8 aromatic rings. The number of fused-ring (bicyclic) bond motifs is 12. The fourth-order valence-electron chi connectivity index (χ4n) is 16.9. The van der Waals surface area contributed by atoms with Crippen LogP contribution in [-0.2, 0) is 26.5 Å². The first kappa shape index (κ1) is 90.8. The van der Waals surface area contributed by atoms with Gasteiger partial charge in [-0.2, -0.15) is 0 Å². The molecule has 4 aliphatic rings. The second kappa shape index (κ2) is 36.0. The number of ketones is 6. The van der Waals surface area contributed by atoms with E-state index in [0.29, 0.717) is 11.1 Å². The fraction of sp³-hybridized carbons (Fsp3) is 0.427. The minimum atomic E-state index is -1.44. The summed E-state index contributed by atoms with van der Waals surface area (Å²) in [5, 5.41) is 20.1. The summed E-state index contributed by atoms with van der Waals surface area (Å²) < 4.78 is -1.20. The van der Waals surface area contributed by atoms with Crippen LogP contribution in [0.1, 0.15) is 310 Å². The molecule has 0 radical (unpaired) electrons. The maximum Gasteiger partial charge on any atom is 0.224 e. The highest BCUT2D eigenvalue weighted by molar-refractivity contribution is 9.93. The van der Waals surface area contributed by atoms with Crippen molar-refractivity contribution in [3.63, 3.8) is 0 Å². The SMILES string of the molecule is BrBr.CC(C)C(=O)Cl.CCC1(CC)c2cc(C(=O)C(C)(C)Br)ccc2-c2ccc(C(=O)C(C)(C)Br)cc21.CCC1(CC)c2cc(C(=O)C(C)(C)O)ccc2-c2ccc(C(=O)C(C)(C)O)cc21.CCC1(CC)c2cc(C(=O)C(C)C)ccc2-c2ccc(C(=O)C(C)C)cc21.CCC1(CC)c2ccccc2-c2ccccc21. The summed E-state index contributed by atoms with van der Waals surface area (Å²) in [6, 6.07) is 53.5. The molecule has 9 nitrogen and oxygen atoms in total. The maximum atomic E-state index is 12.9. The maximum absolute atomic E-state index is 12.9. The van der Waals surface area contributed by atoms with E-state index in [1.807, 2.05) is 104 Å². The van der Waals surface area contributed by atoms with E-state index in [9.17, 15) is 43.8 Å². The lowest BCUT2D eigenvalue weighted by atomic mass is 9.73. The van der Waals surface area contributed by atoms with Crippen LogP contribution in [0.4, 0.5) is 0 Å². The molecule has 2 N–H and O–H groups in total. The van der Waals surface area contributed by atoms with Crippen molar-refractivity contribution in [2.75, 3.05) is 0 Å². The van der Waals surface area contributed by atoms with Crippen molar-refractivity contribution in [1.29, 1.82) is 0 Å². The minimum absolute atomic E-state index is 0.0141. The van der Waals surface area contributed by atoms with Crippen LogP contribution in [0.15, 0.2) is 158 Å². The summed E-state index contributed by atoms with van der Waals surface area (Å²) >= 11 is 17.5. The predicted molar refractivity (Wildman–Crippen MR) is 471 cm³/mol. The van der Waals surface area contributed by atoms with Gasteiger partial charge in [-0.3, -0.25) is 33.6 Å². The van der Waals surface area contributed by atoms with E-state index in [1.165, 1.54) is 107 Å². The van der Waals surface area contributed by atoms with Crippen LogP contribution in [-0.4, -0.2) is 70.0 Å². The molecule has 0 atom stereocenters. The third-order valence-electron chi connectivity index (χ3n) is 23.4. The Morgan fingerprint density at radius 3 is 0.682 bits per heavy atom. The number of carbonyl (C=O) groups is 7. The highest BCUT2D eigenvalue weighted by Gasteiger charge is 2.46. The number of Topliss-reactive ketones (excluding diaryl/α,β-unsaturated/α-hetero) is 6. The van der Waals surface area contributed by atoms with Crippen LogP contribution >= 0.6 is 71.7 Å². The van der Waals surface area contributed by atoms with Gasteiger partial charge in [-0.1, -0.05) is 250 Å². The van der Waals surface area contributed by atoms with Crippen molar-refractivity contribution in [3.05, 3.63) is 236 Å². The highest BCUT2D eigenvalue weighted by Crippen LogP contribution is 2.57. The van der Waals surface area contributed by atoms with Gasteiger partial charge in [0.15, 0.2) is 34.7 Å². The van der Waals surface area contributed by atoms with Crippen LogP contribution in [0.3, 0.4) is 0 Å². The first-order valence-electron chi connectivity index (χ1n) is 39.0. The van der Waals surface area contributed by atoms with E-state index in [0.717, 1.165) is 83.0 Å². The summed E-state index contributed by atoms with van der Waals surface area (Å²) in [5.74, 6) is -0.142. The van der Waals surface area contributed by atoms with E-state index >= 15 is 0 Å². The normalized spacial score (nSPS) is 14.4. The molecule has 0 aromatic heterocycles. The molecule has 12 rings (SSSR count). The number of alkyl halides is 2. The Hall–Kier alpha value is -6.42. The second-order valence-electron chi connectivity index (χ2n) is 32.7. The summed E-state index contributed by atoms with van der Waals surface area (Å²) in [4.78, 5) is 86.1. The Balaban J connectivity index is 0.000000200. The van der Waals surface area contributed by atoms with Gasteiger partial charge in [-0.05, 0) is 244 Å². The largest absolute Gasteiger partial charge is 0.382 e. The van der Waals surface area contributed by atoms with Crippen molar-refractivity contribution >= 4 is 112 Å². The average molecular weight is 1770 g/mol. The molecule has 0 fully saturated rings. The van der Waals surface area contributed by atoms with E-state index < -0.39 is 19.9 Å². The zero-order chi connectivity index (χ0) is 82.5. The predicted octanol–water partition coefficient (Wildman–Crippen LogP) is 26.5. The summed E-state index contributed by atoms with van der Waals surface area (Å²) in [7, 11) is 0. The number of aliphatic hydroxyl groups is 2. The standard InChI is InChI=1S/C25H28Br2O2.C25H30O4.C25H30O2.C17H18.C4H7ClO.Br2/c1-7-25(8-2)19-13-15(21(28)23(3,4)26)9-11-17(19)18-12-10-16(14-20(18)25)22(29)24(5,6)27;1-7-25(8-2)19-13-15(21(26)23(3,4)28)9-11-17(19)18-12-10-16(14-20(18)25)22(27)24(5,6)29;1-7-25(8-2)21-13-17(23(26)15(3)4)9-11-19(21)20-12-10-18(14-22(20)25)24(27)16(5)6;1-3-17(4-2)15-11-7-5-9-13(15)14-10-6-8-12-16(14)17;1-3(2)4(5)6;1-2/h9-14H,7-8H2,1-6H3;9-14,28-29H,7-8H2,1-6H3;9-16H,7-8H2,1-6H3;5-12H,3-4H2,1-2H3;3H,1-2H3;. The lowest BCUT2D eigenvalue weighted by molar-refractivity contribution is -0.114. The molecular weight excluding hydrogens is 1650 g/mol. The Morgan fingerprint density at radius 1 is 0.309 bits per heavy atom. The zero-order valence-corrected chi connectivity index (χ0v) is 75.6. The molecule has 586 valence electrons. The van der Waals surface area contributed by atoms with Gasteiger partial charge in [0.2, 0.25) is 5.24 Å². The Labute approximate surface area is 692 Å². The van der Waals surface area contributed by atoms with Gasteiger partial charge >= 0.3 is 0 Å². The molecule has 0 unspecified atom stereocenters. The summed E-state index contributed by atoms with van der Waals surface area (Å²) in [5.41, 5.74) is 20.5. The average Bonchev–Trinajstić information content (AvgIpc) is 1.59. The number of benzene rings is 8. The summed E-state index contributed by atoms with van der Waals surface area (Å²) in [6.45, 7) is 42.4. The van der Waals surface area contributed by atoms with Crippen molar-refractivity contribution < 1.29 is 43.8 Å². The van der Waals surface area contributed by atoms with Crippen LogP contribution in [0, 0.1) is 17.8 Å². The number of halogens is 5. The Bertz CT molecular complexity index is 4320. The van der Waals surface area contributed by atoms with Gasteiger partial charge < -0.3 is 10.2 Å². The first-order valence-corrected chi connectivity index (χ1v) is 44.7. The molecule has 0 saturated heterocycles. The lowest BCUT2D eigenvalue weighted by Crippen LogP contribution is -2.32. The summed E-state index contributed by atoms with van der Waals surface area (Å²) in [6.07, 6.45) is 7.69. The fourth-order valence-corrected chi connectivity index (χ4v) is 17.3. The molecule has 110 heavy (non-hydrogen) atoms. The molecule has 0 amide bonds. The molecule has 0 aliphatic heterocycles. The topological polar surface area (TPSA) is 160 Å². The number of rotatable bonds is 21. The van der Waals surface area contributed by atoms with Crippen LogP contribution in [0.25, 0.3) is 44.5 Å². The number of hydrogen-bond donors (Lipinski definition) is 2. The third kappa shape index (κ3) is 17.6. The van der Waals surface area contributed by atoms with Crippen LogP contribution in [0.2, 0.25) is 0 Å². The molecular formula is C96H113Br4ClO9. The number of carbonyl (C=O) groups excluding carboxylic acids is 7. The van der Waals surface area contributed by atoms with Gasteiger partial charge in [0.25, 0.3) is 0 Å². The highest BCUT2D eigenvalue weighted by atomic mass is 80.9. The van der Waals surface area contributed by atoms with E-state index in [-0.39, 0.29) is 79.4 Å². The molecule has 0 bridgehead atoms. The third-order valence-corrected chi connectivity index (χ3v) is 24.6. The van der Waals surface area contributed by atoms with E-state index in [2.05, 4.69) is 213 Å². The van der Waals surface area contributed by atoms with Crippen molar-refractivity contribution in [1.82, 2.24) is 0 Å². The Kier molecular flexibility index (Phi) is 29.7. The molecule has 0 spiro atoms. The molecule has 14 heteroatoms. The van der Waals surface area contributed by atoms with E-state index in [4.69, 9.17) is 11.6 Å². The van der Waals surface area contributed by atoms with Crippen molar-refractivity contribution in [2.24, 2.45) is 17.8 Å². The zero-order valence-electron chi connectivity index (χ0n) is 68.5. The van der Waals surface area contributed by atoms with Gasteiger partial charge in [-0.25, -0.2) is 0 Å². The lowest BCUT2D eigenvalue weighted by Gasteiger charge is -2.30. The van der Waals surface area contributed by atoms with Crippen molar-refractivity contribution in [3.8, 4) is 44.5 Å². The molecule has 0 heterocycles. The molecule has 4 aliphatic carbocycles. The Morgan fingerprint density at radius 2 is 0.491 bits per heavy atom. The second-order valence-corrected chi connectivity index (χ2v) is 37.0. The number of hydrogen-bond acceptors (Lipinski definition) is 9.